The number of rotatable bonds is 5. The van der Waals surface area contributed by atoms with Gasteiger partial charge in [-0.25, -0.2) is 4.98 Å². The van der Waals surface area contributed by atoms with Crippen LogP contribution in [0.15, 0.2) is 24.4 Å². The van der Waals surface area contributed by atoms with Crippen LogP contribution in [0.2, 0.25) is 0 Å². The smallest absolute Gasteiger partial charge is 0.242 e. The lowest BCUT2D eigenvalue weighted by molar-refractivity contribution is -0.122. The van der Waals surface area contributed by atoms with Crippen LogP contribution in [0, 0.1) is 18.3 Å². The van der Waals surface area contributed by atoms with Crippen molar-refractivity contribution in [2.75, 3.05) is 19.0 Å². The molecule has 0 spiro atoms. The summed E-state index contributed by atoms with van der Waals surface area (Å²) in [6, 6.07) is 7.42. The lowest BCUT2D eigenvalue weighted by atomic mass is 9.75. The van der Waals surface area contributed by atoms with Crippen LogP contribution >= 0.6 is 0 Å². The number of aromatic nitrogens is 1. The maximum absolute atomic E-state index is 12.3. The van der Waals surface area contributed by atoms with Crippen molar-refractivity contribution in [1.29, 1.82) is 5.26 Å². The Balaban J connectivity index is 2.28. The minimum Gasteiger partial charge on any atom is -0.496 e. The number of nitriles is 1. The van der Waals surface area contributed by atoms with E-state index >= 15 is 0 Å². The minimum atomic E-state index is -0.952. The molecule has 7 heteroatoms. The maximum Gasteiger partial charge on any atom is 0.242 e. The molecule has 0 aliphatic carbocycles. The quantitative estimate of drug-likeness (QED) is 0.825. The molecule has 1 aliphatic heterocycles. The number of anilines is 1. The van der Waals surface area contributed by atoms with Crippen LogP contribution in [0.3, 0.4) is 0 Å². The van der Waals surface area contributed by atoms with E-state index in [1.165, 1.54) is 0 Å². The number of primary amides is 1. The van der Waals surface area contributed by atoms with Gasteiger partial charge in [-0.05, 0) is 44.9 Å². The fourth-order valence-electron chi connectivity index (χ4n) is 3.68. The number of amides is 1. The lowest BCUT2D eigenvalue weighted by Crippen LogP contribution is -2.51. The third-order valence-corrected chi connectivity index (χ3v) is 5.19. The summed E-state index contributed by atoms with van der Waals surface area (Å²) in [5, 5.41) is 12.5. The number of hydrogen-bond acceptors (Lipinski definition) is 6. The largest absolute Gasteiger partial charge is 0.496 e. The first-order valence-corrected chi connectivity index (χ1v) is 9.13. The van der Waals surface area contributed by atoms with E-state index in [1.54, 1.807) is 32.4 Å². The predicted molar refractivity (Wildman–Crippen MR) is 106 cm³/mol. The van der Waals surface area contributed by atoms with Gasteiger partial charge in [-0.1, -0.05) is 6.07 Å². The third kappa shape index (κ3) is 3.22. The molecule has 1 amide bonds. The first-order valence-electron chi connectivity index (χ1n) is 9.13. The number of methoxy groups -OCH3 is 1. The summed E-state index contributed by atoms with van der Waals surface area (Å²) in [7, 11) is 1.56. The van der Waals surface area contributed by atoms with Crippen LogP contribution in [0.25, 0.3) is 0 Å². The number of pyridine rings is 1. The average molecular weight is 380 g/mol. The number of aryl methyl sites for hydroxylation is 1. The molecule has 3 N–H and O–H groups in total. The summed E-state index contributed by atoms with van der Waals surface area (Å²) in [5.41, 5.74) is 8.69. The minimum absolute atomic E-state index is 0.245. The fraction of sp³-hybridized carbons (Fsp3) is 0.381. The molecule has 0 radical (unpaired) electrons. The number of nitrogens with two attached hydrogens (primary N) is 1. The van der Waals surface area contributed by atoms with Gasteiger partial charge in [-0.2, -0.15) is 5.26 Å². The van der Waals surface area contributed by atoms with E-state index in [0.717, 1.165) is 22.4 Å². The zero-order valence-electron chi connectivity index (χ0n) is 16.5. The van der Waals surface area contributed by atoms with Gasteiger partial charge in [-0.3, -0.25) is 4.79 Å². The molecular formula is C21H24N4O3. The second-order valence-electron chi connectivity index (χ2n) is 7.11. The van der Waals surface area contributed by atoms with E-state index in [9.17, 15) is 10.1 Å². The van der Waals surface area contributed by atoms with Gasteiger partial charge in [0.05, 0.1) is 25.3 Å². The maximum atomic E-state index is 12.3. The van der Waals surface area contributed by atoms with Gasteiger partial charge in [0.15, 0.2) is 0 Å². The van der Waals surface area contributed by atoms with Gasteiger partial charge in [0.2, 0.25) is 11.8 Å². The van der Waals surface area contributed by atoms with Gasteiger partial charge < -0.3 is 20.5 Å². The Morgan fingerprint density at radius 1 is 1.50 bits per heavy atom. The highest BCUT2D eigenvalue weighted by Crippen LogP contribution is 2.49. The topological polar surface area (TPSA) is 110 Å². The summed E-state index contributed by atoms with van der Waals surface area (Å²) in [4.78, 5) is 16.7. The van der Waals surface area contributed by atoms with Crippen LogP contribution in [-0.2, 0) is 4.79 Å². The summed E-state index contributed by atoms with van der Waals surface area (Å²) in [6.45, 7) is 6.08. The third-order valence-electron chi connectivity index (χ3n) is 5.19. The molecule has 0 saturated heterocycles. The van der Waals surface area contributed by atoms with Crippen molar-refractivity contribution in [3.63, 3.8) is 0 Å². The van der Waals surface area contributed by atoms with Gasteiger partial charge in [-0.15, -0.1) is 0 Å². The van der Waals surface area contributed by atoms with E-state index in [4.69, 9.17) is 15.2 Å². The van der Waals surface area contributed by atoms with E-state index < -0.39 is 11.4 Å². The van der Waals surface area contributed by atoms with Crippen LogP contribution in [0.1, 0.15) is 48.4 Å². The second kappa shape index (κ2) is 7.39. The number of nitrogens with zero attached hydrogens (tertiary/aromatic N) is 2. The van der Waals surface area contributed by atoms with Gasteiger partial charge in [0.25, 0.3) is 0 Å². The monoisotopic (exact) mass is 380 g/mol. The molecule has 7 nitrogen and oxygen atoms in total. The zero-order chi connectivity index (χ0) is 20.5. The van der Waals surface area contributed by atoms with E-state index in [2.05, 4.69) is 16.4 Å². The number of ether oxygens (including phenoxy) is 2. The van der Waals surface area contributed by atoms with Crippen molar-refractivity contribution < 1.29 is 14.3 Å². The molecule has 146 valence electrons. The molecule has 1 aliphatic rings. The molecule has 1 aromatic carbocycles. The first kappa shape index (κ1) is 19.5. The summed E-state index contributed by atoms with van der Waals surface area (Å²) >= 11 is 0. The highest BCUT2D eigenvalue weighted by molar-refractivity contribution is 5.90. The van der Waals surface area contributed by atoms with E-state index in [1.807, 2.05) is 19.9 Å². The van der Waals surface area contributed by atoms with Crippen molar-refractivity contribution in [2.45, 2.75) is 38.6 Å². The number of benzene rings is 1. The second-order valence-corrected chi connectivity index (χ2v) is 7.11. The van der Waals surface area contributed by atoms with Crippen LogP contribution < -0.4 is 20.5 Å². The molecule has 0 saturated carbocycles. The number of fused-ring (bicyclic) bond motifs is 1. The van der Waals surface area contributed by atoms with Crippen LogP contribution in [0.5, 0.6) is 11.6 Å². The molecule has 28 heavy (non-hydrogen) atoms. The highest BCUT2D eigenvalue weighted by Gasteiger charge is 2.43. The summed E-state index contributed by atoms with van der Waals surface area (Å²) in [5.74, 6) is 0.404. The molecule has 1 aromatic heterocycles. The fourth-order valence-corrected chi connectivity index (χ4v) is 3.68. The standard InChI is InChI=1S/C21H24N4O3/c1-5-28-19-17-15(14-7-6-13(10-22)8-16(14)27-4)9-21(3,20(23)26)25-18(17)12(2)11-24-19/h6-8,11,15,25H,5,9H2,1-4H3,(H2,23,26)/t15-,21?/m0/s1. The molecule has 2 atom stereocenters. The van der Waals surface area contributed by atoms with Gasteiger partial charge >= 0.3 is 0 Å². The number of carbonyl (C=O) groups excluding carboxylic acids is 1. The summed E-state index contributed by atoms with van der Waals surface area (Å²) in [6.07, 6.45) is 2.12. The normalized spacial score (nSPS) is 20.5. The Morgan fingerprint density at radius 2 is 2.25 bits per heavy atom. The molecule has 1 unspecified atom stereocenters. The number of hydrogen-bond donors (Lipinski definition) is 2. The van der Waals surface area contributed by atoms with Crippen molar-refractivity contribution >= 4 is 11.6 Å². The Bertz CT molecular complexity index is 967. The molecule has 0 fully saturated rings. The van der Waals surface area contributed by atoms with Gasteiger partial charge in [0.1, 0.15) is 11.3 Å². The molecule has 2 heterocycles. The molecular weight excluding hydrogens is 356 g/mol. The van der Waals surface area contributed by atoms with Crippen molar-refractivity contribution in [1.82, 2.24) is 4.98 Å². The van der Waals surface area contributed by atoms with Crippen LogP contribution in [0.4, 0.5) is 5.69 Å². The Hall–Kier alpha value is -3.27. The Morgan fingerprint density at radius 3 is 2.86 bits per heavy atom. The predicted octanol–water partition coefficient (Wildman–Crippen LogP) is 2.86. The van der Waals surface area contributed by atoms with Crippen molar-refractivity contribution in [2.24, 2.45) is 5.73 Å². The lowest BCUT2D eigenvalue weighted by Gasteiger charge is -2.40. The Kier molecular flexibility index (Phi) is 5.14. The van der Waals surface area contributed by atoms with E-state index in [0.29, 0.717) is 30.2 Å². The molecule has 2 aromatic rings. The average Bonchev–Trinajstić information content (AvgIpc) is 2.69. The zero-order valence-corrected chi connectivity index (χ0v) is 16.5. The van der Waals surface area contributed by atoms with Gasteiger partial charge in [0, 0.05) is 28.9 Å². The van der Waals surface area contributed by atoms with Crippen molar-refractivity contribution in [3.05, 3.63) is 46.6 Å². The first-order chi connectivity index (χ1) is 13.3. The Labute approximate surface area is 164 Å². The SMILES string of the molecule is CCOc1ncc(C)c2c1[C@H](c1ccc(C#N)cc1OC)CC(C)(C(N)=O)N2. The summed E-state index contributed by atoms with van der Waals surface area (Å²) < 4.78 is 11.4. The highest BCUT2D eigenvalue weighted by atomic mass is 16.5. The number of carbonyl (C=O) groups is 1. The van der Waals surface area contributed by atoms with Crippen molar-refractivity contribution in [3.8, 4) is 17.7 Å². The van der Waals surface area contributed by atoms with E-state index in [-0.39, 0.29) is 5.92 Å². The molecule has 0 bridgehead atoms. The van der Waals surface area contributed by atoms with Crippen LogP contribution in [-0.4, -0.2) is 30.1 Å². The number of nitrogens with one attached hydrogen (secondary N) is 1. The molecule has 3 rings (SSSR count).